The normalized spacial score (nSPS) is 21.3. The topological polar surface area (TPSA) is 56.5 Å². The molecule has 4 nitrogen and oxygen atoms in total. The average molecular weight is 250 g/mol. The maximum absolute atomic E-state index is 6.01. The molecule has 1 aliphatic rings. The quantitative estimate of drug-likeness (QED) is 0.803. The second-order valence-corrected chi connectivity index (χ2v) is 4.84. The van der Waals surface area contributed by atoms with E-state index in [4.69, 9.17) is 15.2 Å². The van der Waals surface area contributed by atoms with Gasteiger partial charge in [-0.25, -0.2) is 0 Å². The Balaban J connectivity index is 2.05. The van der Waals surface area contributed by atoms with Gasteiger partial charge < -0.3 is 20.5 Å². The Morgan fingerprint density at radius 2 is 2.22 bits per heavy atom. The Bertz CT molecular complexity index is 389. The molecule has 1 heterocycles. The van der Waals surface area contributed by atoms with Gasteiger partial charge in [0.15, 0.2) is 11.5 Å². The van der Waals surface area contributed by atoms with Crippen LogP contribution in [0.1, 0.15) is 19.8 Å². The van der Waals surface area contributed by atoms with Crippen molar-refractivity contribution in [2.24, 2.45) is 5.92 Å². The monoisotopic (exact) mass is 250 g/mol. The third-order valence-corrected chi connectivity index (χ3v) is 3.50. The van der Waals surface area contributed by atoms with Crippen molar-refractivity contribution in [3.8, 4) is 11.5 Å². The predicted molar refractivity (Wildman–Crippen MR) is 73.1 cm³/mol. The summed E-state index contributed by atoms with van der Waals surface area (Å²) in [6.45, 7) is 4.25. The zero-order chi connectivity index (χ0) is 13.0. The molecule has 2 unspecified atom stereocenters. The molecule has 0 spiro atoms. The van der Waals surface area contributed by atoms with Gasteiger partial charge in [-0.3, -0.25) is 0 Å². The highest BCUT2D eigenvalue weighted by atomic mass is 16.5. The van der Waals surface area contributed by atoms with E-state index in [2.05, 4.69) is 12.2 Å². The molecule has 1 aliphatic heterocycles. The molecule has 100 valence electrons. The number of rotatable bonds is 4. The second kappa shape index (κ2) is 5.96. The first kappa shape index (κ1) is 13.0. The van der Waals surface area contributed by atoms with Crippen LogP contribution in [-0.4, -0.2) is 26.3 Å². The van der Waals surface area contributed by atoms with Crippen LogP contribution in [0.15, 0.2) is 18.2 Å². The summed E-state index contributed by atoms with van der Waals surface area (Å²) >= 11 is 0. The van der Waals surface area contributed by atoms with E-state index in [0.29, 0.717) is 11.6 Å². The van der Waals surface area contributed by atoms with Crippen molar-refractivity contribution in [1.29, 1.82) is 0 Å². The Labute approximate surface area is 108 Å². The SMILES string of the molecule is COc1ccc(N)cc1OC(C)C1CCCNC1. The summed E-state index contributed by atoms with van der Waals surface area (Å²) in [5, 5.41) is 3.41. The fraction of sp³-hybridized carbons (Fsp3) is 0.571. The molecule has 1 saturated heterocycles. The van der Waals surface area contributed by atoms with Gasteiger partial charge in [0.05, 0.1) is 7.11 Å². The van der Waals surface area contributed by atoms with E-state index in [1.807, 2.05) is 18.2 Å². The number of nitrogens with one attached hydrogen (secondary N) is 1. The Hall–Kier alpha value is -1.42. The van der Waals surface area contributed by atoms with Crippen molar-refractivity contribution in [2.45, 2.75) is 25.9 Å². The van der Waals surface area contributed by atoms with E-state index in [9.17, 15) is 0 Å². The molecule has 1 aromatic carbocycles. The van der Waals surface area contributed by atoms with Gasteiger partial charge in [-0.05, 0) is 38.4 Å². The zero-order valence-corrected chi connectivity index (χ0v) is 11.1. The molecule has 0 bridgehead atoms. The van der Waals surface area contributed by atoms with Crippen molar-refractivity contribution < 1.29 is 9.47 Å². The minimum absolute atomic E-state index is 0.161. The number of methoxy groups -OCH3 is 1. The van der Waals surface area contributed by atoms with Crippen molar-refractivity contribution >= 4 is 5.69 Å². The van der Waals surface area contributed by atoms with E-state index < -0.39 is 0 Å². The molecule has 1 aromatic rings. The summed E-state index contributed by atoms with van der Waals surface area (Å²) in [5.41, 5.74) is 6.48. The number of benzene rings is 1. The summed E-state index contributed by atoms with van der Waals surface area (Å²) < 4.78 is 11.3. The molecule has 1 fully saturated rings. The van der Waals surface area contributed by atoms with Crippen LogP contribution < -0.4 is 20.5 Å². The largest absolute Gasteiger partial charge is 0.493 e. The van der Waals surface area contributed by atoms with E-state index in [-0.39, 0.29) is 6.10 Å². The van der Waals surface area contributed by atoms with Crippen molar-refractivity contribution in [3.05, 3.63) is 18.2 Å². The van der Waals surface area contributed by atoms with Gasteiger partial charge in [0, 0.05) is 24.2 Å². The Morgan fingerprint density at radius 3 is 2.89 bits per heavy atom. The van der Waals surface area contributed by atoms with Crippen molar-refractivity contribution in [2.75, 3.05) is 25.9 Å². The standard InChI is InChI=1S/C14H22N2O2/c1-10(11-4-3-7-16-9-11)18-14-8-12(15)5-6-13(14)17-2/h5-6,8,10-11,16H,3-4,7,9,15H2,1-2H3. The van der Waals surface area contributed by atoms with Crippen LogP contribution in [0.25, 0.3) is 0 Å². The van der Waals surface area contributed by atoms with Crippen LogP contribution in [0.5, 0.6) is 11.5 Å². The molecular formula is C14H22N2O2. The summed E-state index contributed by atoms with van der Waals surface area (Å²) in [6.07, 6.45) is 2.58. The third kappa shape index (κ3) is 3.07. The van der Waals surface area contributed by atoms with Gasteiger partial charge in [-0.15, -0.1) is 0 Å². The first-order valence-corrected chi connectivity index (χ1v) is 6.51. The number of nitrogens with two attached hydrogens (primary N) is 1. The van der Waals surface area contributed by atoms with Crippen molar-refractivity contribution in [1.82, 2.24) is 5.32 Å². The first-order chi connectivity index (χ1) is 8.70. The molecule has 0 saturated carbocycles. The summed E-state index contributed by atoms with van der Waals surface area (Å²) in [5.74, 6) is 2.01. The lowest BCUT2D eigenvalue weighted by Gasteiger charge is -2.29. The van der Waals surface area contributed by atoms with E-state index >= 15 is 0 Å². The molecule has 18 heavy (non-hydrogen) atoms. The highest BCUT2D eigenvalue weighted by molar-refractivity contribution is 5.52. The van der Waals surface area contributed by atoms with Gasteiger partial charge in [0.25, 0.3) is 0 Å². The first-order valence-electron chi connectivity index (χ1n) is 6.51. The van der Waals surface area contributed by atoms with Gasteiger partial charge in [0.1, 0.15) is 6.10 Å². The molecule has 3 N–H and O–H groups in total. The fourth-order valence-electron chi connectivity index (χ4n) is 2.36. The van der Waals surface area contributed by atoms with E-state index in [1.54, 1.807) is 7.11 Å². The molecule has 0 aliphatic carbocycles. The van der Waals surface area contributed by atoms with E-state index in [1.165, 1.54) is 12.8 Å². The molecule has 0 aromatic heterocycles. The predicted octanol–water partition coefficient (Wildman–Crippen LogP) is 2.04. The van der Waals surface area contributed by atoms with Gasteiger partial charge in [-0.2, -0.15) is 0 Å². The molecule has 2 rings (SSSR count). The number of nitrogen functional groups attached to an aromatic ring is 1. The second-order valence-electron chi connectivity index (χ2n) is 4.84. The Kier molecular flexibility index (Phi) is 4.31. The maximum atomic E-state index is 6.01. The molecular weight excluding hydrogens is 228 g/mol. The van der Waals surface area contributed by atoms with Crippen LogP contribution in [0.2, 0.25) is 0 Å². The van der Waals surface area contributed by atoms with Crippen LogP contribution in [0.3, 0.4) is 0 Å². The fourth-order valence-corrected chi connectivity index (χ4v) is 2.36. The van der Waals surface area contributed by atoms with Gasteiger partial charge >= 0.3 is 0 Å². The third-order valence-electron chi connectivity index (χ3n) is 3.50. The number of hydrogen-bond acceptors (Lipinski definition) is 4. The highest BCUT2D eigenvalue weighted by Crippen LogP contribution is 2.31. The lowest BCUT2D eigenvalue weighted by Crippen LogP contribution is -2.37. The Morgan fingerprint density at radius 1 is 1.39 bits per heavy atom. The van der Waals surface area contributed by atoms with Crippen LogP contribution >= 0.6 is 0 Å². The average Bonchev–Trinajstić information content (AvgIpc) is 2.40. The minimum Gasteiger partial charge on any atom is -0.493 e. The maximum Gasteiger partial charge on any atom is 0.163 e. The van der Waals surface area contributed by atoms with Crippen LogP contribution in [0, 0.1) is 5.92 Å². The summed E-state index contributed by atoms with van der Waals surface area (Å²) in [6, 6.07) is 5.49. The summed E-state index contributed by atoms with van der Waals surface area (Å²) in [7, 11) is 1.64. The molecule has 0 amide bonds. The number of piperidine rings is 1. The molecule has 0 radical (unpaired) electrons. The smallest absolute Gasteiger partial charge is 0.163 e. The van der Waals surface area contributed by atoms with Gasteiger partial charge in [-0.1, -0.05) is 0 Å². The zero-order valence-electron chi connectivity index (χ0n) is 11.1. The van der Waals surface area contributed by atoms with Crippen LogP contribution in [0.4, 0.5) is 5.69 Å². The van der Waals surface area contributed by atoms with Crippen LogP contribution in [-0.2, 0) is 0 Å². The molecule has 4 heteroatoms. The number of anilines is 1. The highest BCUT2D eigenvalue weighted by Gasteiger charge is 2.22. The van der Waals surface area contributed by atoms with Crippen molar-refractivity contribution in [3.63, 3.8) is 0 Å². The van der Waals surface area contributed by atoms with Gasteiger partial charge in [0.2, 0.25) is 0 Å². The lowest BCUT2D eigenvalue weighted by molar-refractivity contribution is 0.127. The van der Waals surface area contributed by atoms with E-state index in [0.717, 1.165) is 24.6 Å². The minimum atomic E-state index is 0.161. The molecule has 2 atom stereocenters. The number of ether oxygens (including phenoxy) is 2. The number of hydrogen-bond donors (Lipinski definition) is 2. The lowest BCUT2D eigenvalue weighted by atomic mass is 9.94. The summed E-state index contributed by atoms with van der Waals surface area (Å²) in [4.78, 5) is 0.